The van der Waals surface area contributed by atoms with Crippen molar-refractivity contribution in [3.05, 3.63) is 56.4 Å². The molecule has 12 heteroatoms. The van der Waals surface area contributed by atoms with Crippen molar-refractivity contribution in [3.8, 4) is 0 Å². The second-order valence-corrected chi connectivity index (χ2v) is 6.65. The van der Waals surface area contributed by atoms with Crippen LogP contribution in [-0.2, 0) is 17.5 Å². The van der Waals surface area contributed by atoms with Gasteiger partial charge in [0.2, 0.25) is 5.91 Å². The standard InChI is InChI=1S/C17H13ClF3N5O3/c1-8-5-11(17(19,20)21)15-9(2)24-25(16(15)22-8)7-14(27)23-12-4-3-10(18)6-13(12)26(28)29/h3-6H,7H2,1-2H3,(H,23,27). The van der Waals surface area contributed by atoms with Gasteiger partial charge in [-0.25, -0.2) is 9.67 Å². The zero-order valence-corrected chi connectivity index (χ0v) is 15.8. The first kappa shape index (κ1) is 20.5. The number of nitro benzene ring substituents is 1. The van der Waals surface area contributed by atoms with Crippen LogP contribution in [0, 0.1) is 24.0 Å². The first-order chi connectivity index (χ1) is 13.5. The summed E-state index contributed by atoms with van der Waals surface area (Å²) in [5, 5.41) is 17.4. The maximum absolute atomic E-state index is 13.4. The molecule has 1 amide bonds. The minimum atomic E-state index is -4.61. The van der Waals surface area contributed by atoms with Crippen molar-refractivity contribution in [1.82, 2.24) is 14.8 Å². The Bertz CT molecular complexity index is 1140. The number of hydrogen-bond donors (Lipinski definition) is 1. The Hall–Kier alpha value is -3.21. The van der Waals surface area contributed by atoms with Gasteiger partial charge in [0.1, 0.15) is 12.2 Å². The first-order valence-electron chi connectivity index (χ1n) is 8.13. The van der Waals surface area contributed by atoms with Gasteiger partial charge in [-0.15, -0.1) is 0 Å². The number of nitrogens with zero attached hydrogens (tertiary/aromatic N) is 4. The Balaban J connectivity index is 1.97. The topological polar surface area (TPSA) is 103 Å². The highest BCUT2D eigenvalue weighted by molar-refractivity contribution is 6.31. The van der Waals surface area contributed by atoms with Gasteiger partial charge in [-0.2, -0.15) is 18.3 Å². The molecule has 0 saturated heterocycles. The van der Waals surface area contributed by atoms with E-state index in [4.69, 9.17) is 11.6 Å². The van der Waals surface area contributed by atoms with Gasteiger partial charge in [0.15, 0.2) is 5.65 Å². The second-order valence-electron chi connectivity index (χ2n) is 6.22. The molecule has 2 aromatic heterocycles. The summed E-state index contributed by atoms with van der Waals surface area (Å²) in [6.45, 7) is 2.30. The van der Waals surface area contributed by atoms with E-state index in [1.807, 2.05) is 0 Å². The number of nitrogens with one attached hydrogen (secondary N) is 1. The smallest absolute Gasteiger partial charge is 0.319 e. The molecule has 0 bridgehead atoms. The van der Waals surface area contributed by atoms with Crippen molar-refractivity contribution in [1.29, 1.82) is 0 Å². The highest BCUT2D eigenvalue weighted by atomic mass is 35.5. The minimum Gasteiger partial charge on any atom is -0.319 e. The monoisotopic (exact) mass is 427 g/mol. The Kier molecular flexibility index (Phi) is 5.18. The van der Waals surface area contributed by atoms with E-state index in [0.717, 1.165) is 16.8 Å². The second kappa shape index (κ2) is 7.32. The molecular formula is C17H13ClF3N5O3. The largest absolute Gasteiger partial charge is 0.417 e. The number of aromatic nitrogens is 3. The number of carbonyl (C=O) groups is 1. The number of alkyl halides is 3. The van der Waals surface area contributed by atoms with E-state index in [9.17, 15) is 28.1 Å². The number of fused-ring (bicyclic) bond motifs is 1. The molecule has 0 aliphatic rings. The number of amides is 1. The summed E-state index contributed by atoms with van der Waals surface area (Å²) in [4.78, 5) is 26.9. The molecule has 1 N–H and O–H groups in total. The SMILES string of the molecule is Cc1cc(C(F)(F)F)c2c(C)nn(CC(=O)Nc3ccc(Cl)cc3[N+](=O)[O-])c2n1. The van der Waals surface area contributed by atoms with E-state index in [1.165, 1.54) is 26.0 Å². The van der Waals surface area contributed by atoms with Crippen LogP contribution in [0.5, 0.6) is 0 Å². The number of anilines is 1. The number of pyridine rings is 1. The number of benzene rings is 1. The molecule has 0 unspecified atom stereocenters. The average molecular weight is 428 g/mol. The molecule has 0 atom stereocenters. The van der Waals surface area contributed by atoms with Crippen LogP contribution in [-0.4, -0.2) is 25.6 Å². The van der Waals surface area contributed by atoms with Gasteiger partial charge < -0.3 is 5.32 Å². The molecule has 0 aliphatic carbocycles. The summed E-state index contributed by atoms with van der Waals surface area (Å²) in [7, 11) is 0. The number of rotatable bonds is 4. The predicted molar refractivity (Wildman–Crippen MR) is 98.7 cm³/mol. The van der Waals surface area contributed by atoms with Crippen LogP contribution in [0.2, 0.25) is 5.02 Å². The van der Waals surface area contributed by atoms with Gasteiger partial charge in [0.05, 0.1) is 21.6 Å². The van der Waals surface area contributed by atoms with Gasteiger partial charge in [0, 0.05) is 16.8 Å². The lowest BCUT2D eigenvalue weighted by Crippen LogP contribution is -2.20. The van der Waals surface area contributed by atoms with Crippen LogP contribution in [0.3, 0.4) is 0 Å². The Morgan fingerprint density at radius 1 is 1.31 bits per heavy atom. The normalized spacial score (nSPS) is 11.7. The fourth-order valence-corrected chi connectivity index (χ4v) is 3.07. The van der Waals surface area contributed by atoms with E-state index in [-0.39, 0.29) is 33.1 Å². The maximum Gasteiger partial charge on any atom is 0.417 e. The molecule has 29 heavy (non-hydrogen) atoms. The molecule has 0 saturated carbocycles. The number of carbonyl (C=O) groups excluding carboxylic acids is 1. The average Bonchev–Trinajstić information content (AvgIpc) is 2.90. The molecule has 3 rings (SSSR count). The molecule has 0 radical (unpaired) electrons. The molecule has 8 nitrogen and oxygen atoms in total. The van der Waals surface area contributed by atoms with Crippen molar-refractivity contribution >= 4 is 39.9 Å². The summed E-state index contributed by atoms with van der Waals surface area (Å²) in [5.74, 6) is -0.725. The molecule has 0 spiro atoms. The summed E-state index contributed by atoms with van der Waals surface area (Å²) < 4.78 is 41.1. The van der Waals surface area contributed by atoms with Gasteiger partial charge in [-0.3, -0.25) is 14.9 Å². The van der Waals surface area contributed by atoms with Crippen molar-refractivity contribution in [2.75, 3.05) is 5.32 Å². The fraction of sp³-hybridized carbons (Fsp3) is 0.235. The summed E-state index contributed by atoms with van der Waals surface area (Å²) in [5.41, 5.74) is -1.34. The highest BCUT2D eigenvalue weighted by Crippen LogP contribution is 2.36. The zero-order chi connectivity index (χ0) is 21.5. The third kappa shape index (κ3) is 4.14. The van der Waals surface area contributed by atoms with E-state index in [2.05, 4.69) is 15.4 Å². The van der Waals surface area contributed by atoms with Gasteiger partial charge in [0.25, 0.3) is 5.69 Å². The quantitative estimate of drug-likeness (QED) is 0.494. The van der Waals surface area contributed by atoms with Crippen molar-refractivity contribution < 1.29 is 22.9 Å². The van der Waals surface area contributed by atoms with Crippen LogP contribution < -0.4 is 5.32 Å². The van der Waals surface area contributed by atoms with Gasteiger partial charge in [-0.05, 0) is 32.0 Å². The Morgan fingerprint density at radius 2 is 2.00 bits per heavy atom. The molecule has 152 valence electrons. The summed E-state index contributed by atoms with van der Waals surface area (Å²) in [6.07, 6.45) is -4.61. The maximum atomic E-state index is 13.4. The van der Waals surface area contributed by atoms with Crippen molar-refractivity contribution in [3.63, 3.8) is 0 Å². The molecule has 3 aromatic rings. The molecule has 0 aliphatic heterocycles. The van der Waals surface area contributed by atoms with Crippen molar-refractivity contribution in [2.45, 2.75) is 26.6 Å². The van der Waals surface area contributed by atoms with Crippen LogP contribution in [0.4, 0.5) is 24.5 Å². The Labute approximate surface area is 166 Å². The van der Waals surface area contributed by atoms with E-state index in [1.54, 1.807) is 0 Å². The van der Waals surface area contributed by atoms with Crippen LogP contribution in [0.25, 0.3) is 11.0 Å². The van der Waals surface area contributed by atoms with Crippen LogP contribution >= 0.6 is 11.6 Å². The third-order valence-corrected chi connectivity index (χ3v) is 4.27. The number of nitro groups is 1. The van der Waals surface area contributed by atoms with Gasteiger partial charge >= 0.3 is 6.18 Å². The fourth-order valence-electron chi connectivity index (χ4n) is 2.90. The lowest BCUT2D eigenvalue weighted by Gasteiger charge is -2.10. The number of hydrogen-bond acceptors (Lipinski definition) is 5. The van der Waals surface area contributed by atoms with E-state index < -0.39 is 34.8 Å². The zero-order valence-electron chi connectivity index (χ0n) is 15.0. The molecule has 1 aromatic carbocycles. The summed E-state index contributed by atoms with van der Waals surface area (Å²) >= 11 is 5.73. The van der Waals surface area contributed by atoms with Crippen molar-refractivity contribution in [2.24, 2.45) is 0 Å². The van der Waals surface area contributed by atoms with E-state index >= 15 is 0 Å². The molecular weight excluding hydrogens is 415 g/mol. The third-order valence-electron chi connectivity index (χ3n) is 4.03. The lowest BCUT2D eigenvalue weighted by molar-refractivity contribution is -0.383. The number of halogens is 4. The summed E-state index contributed by atoms with van der Waals surface area (Å²) in [6, 6.07) is 4.61. The minimum absolute atomic E-state index is 0.0603. The number of aryl methyl sites for hydroxylation is 2. The molecule has 0 fully saturated rings. The van der Waals surface area contributed by atoms with Gasteiger partial charge in [-0.1, -0.05) is 11.6 Å². The first-order valence-corrected chi connectivity index (χ1v) is 8.51. The molecule has 2 heterocycles. The predicted octanol–water partition coefficient (Wildman–Crippen LogP) is 4.27. The lowest BCUT2D eigenvalue weighted by atomic mass is 10.1. The van der Waals surface area contributed by atoms with Crippen LogP contribution in [0.15, 0.2) is 24.3 Å². The van der Waals surface area contributed by atoms with E-state index in [0.29, 0.717) is 0 Å². The van der Waals surface area contributed by atoms with Crippen LogP contribution in [0.1, 0.15) is 17.0 Å². The highest BCUT2D eigenvalue weighted by Gasteiger charge is 2.35. The Morgan fingerprint density at radius 3 is 2.62 bits per heavy atom.